The predicted octanol–water partition coefficient (Wildman–Crippen LogP) is -0.680. The molecule has 3 amide bonds. The van der Waals surface area contributed by atoms with Gasteiger partial charge in [-0.1, -0.05) is 0 Å². The number of rotatable bonds is 4. The van der Waals surface area contributed by atoms with E-state index in [1.165, 1.54) is 4.68 Å². The van der Waals surface area contributed by atoms with Crippen LogP contribution >= 0.6 is 0 Å². The highest BCUT2D eigenvalue weighted by molar-refractivity contribution is 6.07. The molecule has 0 bridgehead atoms. The minimum absolute atomic E-state index is 0.0447. The number of urea groups is 1. The summed E-state index contributed by atoms with van der Waals surface area (Å²) in [5.74, 6) is -1.62. The normalized spacial score (nSPS) is 22.7. The first-order chi connectivity index (χ1) is 8.44. The Kier molecular flexibility index (Phi) is 2.77. The zero-order valence-electron chi connectivity index (χ0n) is 9.64. The first-order valence-corrected chi connectivity index (χ1v) is 5.29. The number of hydrogen-bond acceptors (Lipinski definition) is 4. The smallest absolute Gasteiger partial charge is 0.322 e. The molecule has 0 aliphatic carbocycles. The molecule has 1 aliphatic rings. The maximum Gasteiger partial charge on any atom is 0.322 e. The third-order valence-corrected chi connectivity index (χ3v) is 2.81. The number of imide groups is 1. The molecule has 18 heavy (non-hydrogen) atoms. The van der Waals surface area contributed by atoms with E-state index < -0.39 is 23.4 Å². The zero-order valence-corrected chi connectivity index (χ0v) is 9.64. The van der Waals surface area contributed by atoms with Crippen molar-refractivity contribution in [1.82, 2.24) is 20.4 Å². The third-order valence-electron chi connectivity index (χ3n) is 2.81. The summed E-state index contributed by atoms with van der Waals surface area (Å²) in [6.45, 7) is 0. The summed E-state index contributed by atoms with van der Waals surface area (Å²) in [5, 5.41) is 17.4. The standard InChI is InChI=1S/C10H12N4O4/c1-14-5-3-6(13-14)10(4-2-7(15)16)8(17)11-9(18)12-10/h3,5H,2,4H2,1H3,(H,15,16)(H2,11,12,17,18). The summed E-state index contributed by atoms with van der Waals surface area (Å²) < 4.78 is 1.48. The minimum Gasteiger partial charge on any atom is -0.481 e. The molecule has 0 spiro atoms. The van der Waals surface area contributed by atoms with E-state index in [0.717, 1.165) is 0 Å². The number of carboxylic acid groups (broad SMARTS) is 1. The molecule has 3 N–H and O–H groups in total. The number of carbonyl (C=O) groups is 3. The summed E-state index contributed by atoms with van der Waals surface area (Å²) in [6, 6.07) is 0.934. The van der Waals surface area contributed by atoms with Gasteiger partial charge in [-0.3, -0.25) is 19.6 Å². The maximum atomic E-state index is 11.9. The largest absolute Gasteiger partial charge is 0.481 e. The fourth-order valence-electron chi connectivity index (χ4n) is 1.91. The van der Waals surface area contributed by atoms with Crippen LogP contribution in [0.15, 0.2) is 12.3 Å². The van der Waals surface area contributed by atoms with Crippen molar-refractivity contribution in [1.29, 1.82) is 0 Å². The van der Waals surface area contributed by atoms with Crippen LogP contribution in [0.3, 0.4) is 0 Å². The molecular formula is C10H12N4O4. The number of amides is 3. The number of carboxylic acids is 1. The van der Waals surface area contributed by atoms with Crippen LogP contribution in [0.2, 0.25) is 0 Å². The number of aryl methyl sites for hydroxylation is 1. The monoisotopic (exact) mass is 252 g/mol. The van der Waals surface area contributed by atoms with Gasteiger partial charge in [-0.2, -0.15) is 5.10 Å². The topological polar surface area (TPSA) is 113 Å². The molecule has 1 atom stereocenters. The highest BCUT2D eigenvalue weighted by Crippen LogP contribution is 2.28. The molecule has 0 radical (unpaired) electrons. The first-order valence-electron chi connectivity index (χ1n) is 5.29. The van der Waals surface area contributed by atoms with Crippen LogP contribution in [-0.4, -0.2) is 32.8 Å². The first kappa shape index (κ1) is 12.1. The van der Waals surface area contributed by atoms with Gasteiger partial charge in [0.1, 0.15) is 0 Å². The van der Waals surface area contributed by atoms with Crippen molar-refractivity contribution in [3.8, 4) is 0 Å². The Balaban J connectivity index is 2.37. The second-order valence-electron chi connectivity index (χ2n) is 4.08. The summed E-state index contributed by atoms with van der Waals surface area (Å²) in [4.78, 5) is 33.8. The van der Waals surface area contributed by atoms with Gasteiger partial charge in [0.2, 0.25) is 0 Å². The van der Waals surface area contributed by atoms with Gasteiger partial charge >= 0.3 is 12.0 Å². The van der Waals surface area contributed by atoms with E-state index in [4.69, 9.17) is 5.11 Å². The van der Waals surface area contributed by atoms with E-state index in [1.54, 1.807) is 19.3 Å². The molecule has 1 unspecified atom stereocenters. The number of aliphatic carboxylic acids is 1. The van der Waals surface area contributed by atoms with Crippen molar-refractivity contribution in [3.05, 3.63) is 18.0 Å². The van der Waals surface area contributed by atoms with Crippen molar-refractivity contribution in [3.63, 3.8) is 0 Å². The molecule has 1 fully saturated rings. The number of hydrogen-bond donors (Lipinski definition) is 3. The molecule has 8 heteroatoms. The van der Waals surface area contributed by atoms with Crippen molar-refractivity contribution < 1.29 is 19.5 Å². The van der Waals surface area contributed by atoms with E-state index in [9.17, 15) is 14.4 Å². The van der Waals surface area contributed by atoms with Gasteiger partial charge in [0, 0.05) is 19.7 Å². The van der Waals surface area contributed by atoms with Gasteiger partial charge in [-0.15, -0.1) is 0 Å². The van der Waals surface area contributed by atoms with Crippen LogP contribution in [0.5, 0.6) is 0 Å². The molecule has 1 aromatic rings. The molecule has 2 rings (SSSR count). The van der Waals surface area contributed by atoms with Crippen molar-refractivity contribution in [2.45, 2.75) is 18.4 Å². The highest BCUT2D eigenvalue weighted by Gasteiger charge is 2.49. The van der Waals surface area contributed by atoms with Gasteiger partial charge in [-0.25, -0.2) is 4.79 Å². The van der Waals surface area contributed by atoms with Gasteiger partial charge < -0.3 is 10.4 Å². The Morgan fingerprint density at radius 1 is 1.56 bits per heavy atom. The van der Waals surface area contributed by atoms with E-state index in [2.05, 4.69) is 15.7 Å². The fraction of sp³-hybridized carbons (Fsp3) is 0.400. The van der Waals surface area contributed by atoms with Gasteiger partial charge in [-0.05, 0) is 12.5 Å². The van der Waals surface area contributed by atoms with Crippen molar-refractivity contribution in [2.75, 3.05) is 0 Å². The Bertz CT molecular complexity index is 524. The predicted molar refractivity (Wildman–Crippen MR) is 58.4 cm³/mol. The van der Waals surface area contributed by atoms with Gasteiger partial charge in [0.05, 0.1) is 5.69 Å². The lowest BCUT2D eigenvalue weighted by molar-refractivity contribution is -0.137. The Morgan fingerprint density at radius 3 is 2.72 bits per heavy atom. The molecule has 1 aliphatic heterocycles. The van der Waals surface area contributed by atoms with E-state index in [1.807, 2.05) is 0 Å². The molecule has 1 saturated heterocycles. The lowest BCUT2D eigenvalue weighted by atomic mass is 9.90. The molecule has 0 aromatic carbocycles. The van der Waals surface area contributed by atoms with Crippen LogP contribution in [0, 0.1) is 0 Å². The zero-order chi connectivity index (χ0) is 13.3. The summed E-state index contributed by atoms with van der Waals surface area (Å²) in [6.07, 6.45) is 1.33. The average molecular weight is 252 g/mol. The number of carbonyl (C=O) groups excluding carboxylic acids is 2. The highest BCUT2D eigenvalue weighted by atomic mass is 16.4. The molecule has 1 aromatic heterocycles. The number of nitrogens with one attached hydrogen (secondary N) is 2. The lowest BCUT2D eigenvalue weighted by Crippen LogP contribution is -2.44. The quantitative estimate of drug-likeness (QED) is 0.614. The molecule has 96 valence electrons. The SMILES string of the molecule is Cn1ccc(C2(CCC(=O)O)NC(=O)NC2=O)n1. The van der Waals surface area contributed by atoms with E-state index >= 15 is 0 Å². The Hall–Kier alpha value is -2.38. The molecule has 8 nitrogen and oxygen atoms in total. The van der Waals surface area contributed by atoms with E-state index in [0.29, 0.717) is 5.69 Å². The van der Waals surface area contributed by atoms with Gasteiger partial charge in [0.25, 0.3) is 5.91 Å². The number of aromatic nitrogens is 2. The summed E-state index contributed by atoms with van der Waals surface area (Å²) in [5.41, 5.74) is -1.06. The molecule has 0 saturated carbocycles. The van der Waals surface area contributed by atoms with Crippen LogP contribution in [0.4, 0.5) is 4.79 Å². The van der Waals surface area contributed by atoms with Crippen molar-refractivity contribution in [2.24, 2.45) is 7.05 Å². The van der Waals surface area contributed by atoms with Crippen LogP contribution in [-0.2, 0) is 22.2 Å². The fourth-order valence-corrected chi connectivity index (χ4v) is 1.91. The second kappa shape index (κ2) is 4.13. The van der Waals surface area contributed by atoms with Crippen LogP contribution < -0.4 is 10.6 Å². The average Bonchev–Trinajstić information content (AvgIpc) is 2.81. The second-order valence-corrected chi connectivity index (χ2v) is 4.08. The minimum atomic E-state index is -1.39. The van der Waals surface area contributed by atoms with E-state index in [-0.39, 0.29) is 12.8 Å². The van der Waals surface area contributed by atoms with Crippen LogP contribution in [0.25, 0.3) is 0 Å². The molecular weight excluding hydrogens is 240 g/mol. The third kappa shape index (κ3) is 1.92. The Morgan fingerprint density at radius 2 is 2.28 bits per heavy atom. The Labute approximate surface area is 102 Å². The van der Waals surface area contributed by atoms with Crippen LogP contribution in [0.1, 0.15) is 18.5 Å². The van der Waals surface area contributed by atoms with Crippen molar-refractivity contribution >= 4 is 17.9 Å². The number of nitrogens with zero attached hydrogens (tertiary/aromatic N) is 2. The summed E-state index contributed by atoms with van der Waals surface area (Å²) in [7, 11) is 1.67. The molecule has 2 heterocycles. The van der Waals surface area contributed by atoms with Gasteiger partial charge in [0.15, 0.2) is 5.54 Å². The maximum absolute atomic E-state index is 11.9. The lowest BCUT2D eigenvalue weighted by Gasteiger charge is -2.22. The summed E-state index contributed by atoms with van der Waals surface area (Å²) >= 11 is 0.